The van der Waals surface area contributed by atoms with Gasteiger partial charge < -0.3 is 4.57 Å². The van der Waals surface area contributed by atoms with E-state index in [9.17, 15) is 4.79 Å². The lowest BCUT2D eigenvalue weighted by Crippen LogP contribution is -1.92. The summed E-state index contributed by atoms with van der Waals surface area (Å²) in [5.41, 5.74) is 0.653. The van der Waals surface area contributed by atoms with E-state index in [2.05, 4.69) is 0 Å². The Morgan fingerprint density at radius 1 is 1.82 bits per heavy atom. The maximum absolute atomic E-state index is 10.8. The van der Waals surface area contributed by atoms with Crippen molar-refractivity contribution in [3.8, 4) is 6.07 Å². The van der Waals surface area contributed by atoms with Gasteiger partial charge in [-0.15, -0.1) is 0 Å². The number of hydrogen-bond acceptors (Lipinski definition) is 2. The molecule has 1 aromatic rings. The number of hydrogen-bond donors (Lipinski definition) is 0. The minimum atomic E-state index is 0.0293. The Kier molecular flexibility index (Phi) is 2.07. The predicted molar refractivity (Wildman–Crippen MR) is 40.0 cm³/mol. The third-order valence-electron chi connectivity index (χ3n) is 1.41. The van der Waals surface area contributed by atoms with E-state index in [1.165, 1.54) is 6.92 Å². The van der Waals surface area contributed by atoms with Crippen LogP contribution in [0.1, 0.15) is 17.3 Å². The molecule has 0 saturated heterocycles. The second-order valence-electron chi connectivity index (χ2n) is 2.29. The molecule has 3 nitrogen and oxygen atoms in total. The van der Waals surface area contributed by atoms with E-state index in [1.807, 2.05) is 6.07 Å². The number of nitrogens with zero attached hydrogens (tertiary/aromatic N) is 2. The van der Waals surface area contributed by atoms with Crippen LogP contribution in [0.25, 0.3) is 0 Å². The first kappa shape index (κ1) is 7.55. The summed E-state index contributed by atoms with van der Waals surface area (Å²) < 4.78 is 1.68. The van der Waals surface area contributed by atoms with Crippen molar-refractivity contribution in [1.82, 2.24) is 4.57 Å². The van der Waals surface area contributed by atoms with Gasteiger partial charge in [-0.05, 0) is 13.0 Å². The molecular weight excluding hydrogens is 140 g/mol. The zero-order valence-corrected chi connectivity index (χ0v) is 6.24. The average Bonchev–Trinajstić information content (AvgIpc) is 2.37. The van der Waals surface area contributed by atoms with Crippen molar-refractivity contribution in [1.29, 1.82) is 5.26 Å². The predicted octanol–water partition coefficient (Wildman–Crippen LogP) is 1.21. The van der Waals surface area contributed by atoms with Crippen molar-refractivity contribution in [3.63, 3.8) is 0 Å². The molecule has 0 aliphatic heterocycles. The number of aromatic nitrogens is 1. The van der Waals surface area contributed by atoms with Crippen molar-refractivity contribution in [2.24, 2.45) is 0 Å². The van der Waals surface area contributed by atoms with Gasteiger partial charge in [0.25, 0.3) is 0 Å². The first-order valence-corrected chi connectivity index (χ1v) is 3.27. The van der Waals surface area contributed by atoms with Crippen LogP contribution in [-0.4, -0.2) is 10.4 Å². The Balaban J connectivity index is 2.83. The molecule has 0 spiro atoms. The van der Waals surface area contributed by atoms with E-state index in [1.54, 1.807) is 23.0 Å². The SMILES string of the molecule is CC(=O)c1ccn(CC#N)c1. The molecule has 0 radical (unpaired) electrons. The topological polar surface area (TPSA) is 45.8 Å². The number of ketones is 1. The Morgan fingerprint density at radius 2 is 2.55 bits per heavy atom. The van der Waals surface area contributed by atoms with E-state index >= 15 is 0 Å². The summed E-state index contributed by atoms with van der Waals surface area (Å²) in [6, 6.07) is 3.70. The van der Waals surface area contributed by atoms with Crippen molar-refractivity contribution in [3.05, 3.63) is 24.0 Å². The Labute approximate surface area is 64.9 Å². The van der Waals surface area contributed by atoms with Crippen molar-refractivity contribution in [2.75, 3.05) is 0 Å². The minimum Gasteiger partial charge on any atom is -0.340 e. The summed E-state index contributed by atoms with van der Waals surface area (Å²) in [5.74, 6) is 0.0293. The van der Waals surface area contributed by atoms with E-state index < -0.39 is 0 Å². The lowest BCUT2D eigenvalue weighted by molar-refractivity contribution is 0.101. The molecule has 0 unspecified atom stereocenters. The molecule has 0 saturated carbocycles. The van der Waals surface area contributed by atoms with Gasteiger partial charge in [-0.3, -0.25) is 4.79 Å². The number of carbonyl (C=O) groups excluding carboxylic acids is 1. The molecular formula is C8H8N2O. The summed E-state index contributed by atoms with van der Waals surface area (Å²) >= 11 is 0. The number of carbonyl (C=O) groups is 1. The fraction of sp³-hybridized carbons (Fsp3) is 0.250. The van der Waals surface area contributed by atoms with Gasteiger partial charge in [-0.2, -0.15) is 5.26 Å². The van der Waals surface area contributed by atoms with Crippen LogP contribution in [0.3, 0.4) is 0 Å². The fourth-order valence-corrected chi connectivity index (χ4v) is 0.829. The lowest BCUT2D eigenvalue weighted by Gasteiger charge is -1.89. The van der Waals surface area contributed by atoms with Gasteiger partial charge in [0.1, 0.15) is 6.54 Å². The van der Waals surface area contributed by atoms with E-state index in [0.717, 1.165) is 0 Å². The Bertz CT molecular complexity index is 306. The van der Waals surface area contributed by atoms with Gasteiger partial charge in [0.2, 0.25) is 0 Å². The third kappa shape index (κ3) is 1.68. The monoisotopic (exact) mass is 148 g/mol. The highest BCUT2D eigenvalue weighted by Gasteiger charge is 1.99. The van der Waals surface area contributed by atoms with Crippen molar-refractivity contribution < 1.29 is 4.79 Å². The van der Waals surface area contributed by atoms with Gasteiger partial charge in [-0.25, -0.2) is 0 Å². The Morgan fingerprint density at radius 3 is 3.00 bits per heavy atom. The summed E-state index contributed by atoms with van der Waals surface area (Å²) in [7, 11) is 0. The molecule has 1 heterocycles. The van der Waals surface area contributed by atoms with Gasteiger partial charge >= 0.3 is 0 Å². The molecule has 0 fully saturated rings. The molecule has 0 atom stereocenters. The number of Topliss-reactive ketones (excluding diaryl/α,β-unsaturated/α-hetero) is 1. The second-order valence-corrected chi connectivity index (χ2v) is 2.29. The van der Waals surface area contributed by atoms with Gasteiger partial charge in [-0.1, -0.05) is 0 Å². The van der Waals surface area contributed by atoms with Crippen LogP contribution in [0.2, 0.25) is 0 Å². The standard InChI is InChI=1S/C8H8N2O/c1-7(11)8-2-4-10(6-8)5-3-9/h2,4,6H,5H2,1H3. The normalized spacial score (nSPS) is 9.09. The highest BCUT2D eigenvalue weighted by Crippen LogP contribution is 2.01. The molecule has 0 aromatic carbocycles. The van der Waals surface area contributed by atoms with Crippen LogP contribution < -0.4 is 0 Å². The van der Waals surface area contributed by atoms with Gasteiger partial charge in [0.05, 0.1) is 6.07 Å². The van der Waals surface area contributed by atoms with Crippen molar-refractivity contribution >= 4 is 5.78 Å². The fourth-order valence-electron chi connectivity index (χ4n) is 0.829. The molecule has 0 bridgehead atoms. The quantitative estimate of drug-likeness (QED) is 0.592. The van der Waals surface area contributed by atoms with E-state index in [4.69, 9.17) is 5.26 Å². The largest absolute Gasteiger partial charge is 0.340 e. The first-order valence-electron chi connectivity index (χ1n) is 3.27. The molecule has 0 N–H and O–H groups in total. The first-order chi connectivity index (χ1) is 5.24. The maximum atomic E-state index is 10.8. The summed E-state index contributed by atoms with van der Waals surface area (Å²) in [5, 5.41) is 8.31. The number of nitriles is 1. The van der Waals surface area contributed by atoms with E-state index in [0.29, 0.717) is 12.1 Å². The lowest BCUT2D eigenvalue weighted by atomic mass is 10.2. The molecule has 0 aliphatic rings. The van der Waals surface area contributed by atoms with Crippen LogP contribution >= 0.6 is 0 Å². The average molecular weight is 148 g/mol. The third-order valence-corrected chi connectivity index (χ3v) is 1.41. The summed E-state index contributed by atoms with van der Waals surface area (Å²) in [6.07, 6.45) is 3.39. The maximum Gasteiger partial charge on any atom is 0.161 e. The highest BCUT2D eigenvalue weighted by atomic mass is 16.1. The van der Waals surface area contributed by atoms with Crippen LogP contribution in [0.5, 0.6) is 0 Å². The van der Waals surface area contributed by atoms with E-state index in [-0.39, 0.29) is 5.78 Å². The number of rotatable bonds is 2. The Hall–Kier alpha value is -1.56. The zero-order chi connectivity index (χ0) is 8.27. The molecule has 1 rings (SSSR count). The molecule has 1 aromatic heterocycles. The molecule has 3 heteroatoms. The smallest absolute Gasteiger partial charge is 0.161 e. The zero-order valence-electron chi connectivity index (χ0n) is 6.24. The summed E-state index contributed by atoms with van der Waals surface area (Å²) in [6.45, 7) is 1.80. The minimum absolute atomic E-state index is 0.0293. The molecule has 0 aliphatic carbocycles. The van der Waals surface area contributed by atoms with Crippen LogP contribution in [0.15, 0.2) is 18.5 Å². The van der Waals surface area contributed by atoms with Gasteiger partial charge in [0, 0.05) is 18.0 Å². The molecule has 11 heavy (non-hydrogen) atoms. The van der Waals surface area contributed by atoms with Crippen LogP contribution in [0.4, 0.5) is 0 Å². The molecule has 0 amide bonds. The second kappa shape index (κ2) is 3.02. The van der Waals surface area contributed by atoms with Gasteiger partial charge in [0.15, 0.2) is 5.78 Å². The van der Waals surface area contributed by atoms with Crippen LogP contribution in [0, 0.1) is 11.3 Å². The molecule has 56 valence electrons. The van der Waals surface area contributed by atoms with Crippen molar-refractivity contribution in [2.45, 2.75) is 13.5 Å². The highest BCUT2D eigenvalue weighted by molar-refractivity contribution is 5.93. The van der Waals surface area contributed by atoms with Crippen LogP contribution in [-0.2, 0) is 6.54 Å². The summed E-state index contributed by atoms with van der Waals surface area (Å²) in [4.78, 5) is 10.8.